The highest BCUT2D eigenvalue weighted by Gasteiger charge is 2.24. The molecule has 0 bridgehead atoms. The summed E-state index contributed by atoms with van der Waals surface area (Å²) in [4.78, 5) is 18.7. The van der Waals surface area contributed by atoms with Crippen LogP contribution in [0, 0.1) is 0 Å². The quantitative estimate of drug-likeness (QED) is 0.669. The first kappa shape index (κ1) is 18.3. The molecule has 3 aromatic rings. The van der Waals surface area contributed by atoms with Crippen LogP contribution < -0.4 is 9.80 Å². The molecule has 1 aliphatic carbocycles. The molecule has 0 saturated carbocycles. The minimum atomic E-state index is 0.0240. The fourth-order valence-corrected chi connectivity index (χ4v) is 4.33. The predicted molar refractivity (Wildman–Crippen MR) is 115 cm³/mol. The van der Waals surface area contributed by atoms with Crippen LogP contribution in [-0.4, -0.2) is 50.7 Å². The third kappa shape index (κ3) is 3.43. The molecule has 0 amide bonds. The van der Waals surface area contributed by atoms with E-state index in [2.05, 4.69) is 58.9 Å². The van der Waals surface area contributed by atoms with Crippen molar-refractivity contribution in [3.05, 3.63) is 41.6 Å². The van der Waals surface area contributed by atoms with Gasteiger partial charge in [0.25, 0.3) is 0 Å². The Morgan fingerprint density at radius 1 is 0.897 bits per heavy atom. The van der Waals surface area contributed by atoms with E-state index in [4.69, 9.17) is 10.1 Å². The average molecular weight is 392 g/mol. The number of aryl methyl sites for hydroxylation is 1. The van der Waals surface area contributed by atoms with Crippen molar-refractivity contribution in [1.29, 1.82) is 0 Å². The van der Waals surface area contributed by atoms with Gasteiger partial charge in [0.15, 0.2) is 5.65 Å². The highest BCUT2D eigenvalue weighted by Crippen LogP contribution is 2.28. The molecule has 29 heavy (non-hydrogen) atoms. The molecule has 7 heteroatoms. The molecule has 0 aromatic carbocycles. The first-order valence-corrected chi connectivity index (χ1v) is 10.7. The Balaban J connectivity index is 1.33. The van der Waals surface area contributed by atoms with E-state index in [1.165, 1.54) is 24.1 Å². The molecule has 5 rings (SSSR count). The van der Waals surface area contributed by atoms with E-state index in [-0.39, 0.29) is 5.41 Å². The zero-order valence-electron chi connectivity index (χ0n) is 17.6. The van der Waals surface area contributed by atoms with Gasteiger partial charge in [-0.3, -0.25) is 0 Å². The molecule has 0 radical (unpaired) electrons. The van der Waals surface area contributed by atoms with E-state index < -0.39 is 0 Å². The number of aromatic nitrogens is 5. The van der Waals surface area contributed by atoms with Crippen LogP contribution in [0.3, 0.4) is 0 Å². The van der Waals surface area contributed by atoms with Crippen LogP contribution in [-0.2, 0) is 18.3 Å². The number of piperazine rings is 1. The lowest BCUT2D eigenvalue weighted by Gasteiger charge is -2.37. The van der Waals surface area contributed by atoms with Crippen LogP contribution in [0.25, 0.3) is 5.65 Å². The lowest BCUT2D eigenvalue weighted by molar-refractivity contribution is 0.572. The Hall–Kier alpha value is -2.70. The summed E-state index contributed by atoms with van der Waals surface area (Å²) in [5.74, 6) is 2.17. The maximum Gasteiger partial charge on any atom is 0.153 e. The van der Waals surface area contributed by atoms with Crippen LogP contribution >= 0.6 is 0 Å². The van der Waals surface area contributed by atoms with Crippen LogP contribution in [0.2, 0.25) is 0 Å². The van der Waals surface area contributed by atoms with Crippen LogP contribution in [0.5, 0.6) is 0 Å². The fourth-order valence-electron chi connectivity index (χ4n) is 4.33. The molecule has 152 valence electrons. The molecule has 2 aliphatic rings. The monoisotopic (exact) mass is 391 g/mol. The second kappa shape index (κ2) is 6.97. The van der Waals surface area contributed by atoms with Gasteiger partial charge < -0.3 is 9.80 Å². The lowest BCUT2D eigenvalue weighted by Crippen LogP contribution is -2.47. The van der Waals surface area contributed by atoms with E-state index in [9.17, 15) is 0 Å². The van der Waals surface area contributed by atoms with E-state index in [0.717, 1.165) is 62.0 Å². The van der Waals surface area contributed by atoms with Crippen molar-refractivity contribution in [2.75, 3.05) is 36.0 Å². The second-order valence-electron chi connectivity index (χ2n) is 9.17. The fraction of sp³-hybridized carbons (Fsp3) is 0.545. The maximum absolute atomic E-state index is 4.84. The molecule has 1 saturated heterocycles. The largest absolute Gasteiger partial charge is 0.353 e. The Morgan fingerprint density at radius 2 is 1.66 bits per heavy atom. The summed E-state index contributed by atoms with van der Waals surface area (Å²) in [6.07, 6.45) is 8.50. The molecular formula is C22H29N7. The molecule has 1 fully saturated rings. The first-order valence-electron chi connectivity index (χ1n) is 10.7. The summed E-state index contributed by atoms with van der Waals surface area (Å²) in [5.41, 5.74) is 4.63. The number of hydrogen-bond donors (Lipinski definition) is 0. The average Bonchev–Trinajstić information content (AvgIpc) is 3.17. The molecule has 0 spiro atoms. The van der Waals surface area contributed by atoms with Crippen molar-refractivity contribution in [3.63, 3.8) is 0 Å². The zero-order chi connectivity index (χ0) is 20.0. The van der Waals surface area contributed by atoms with Crippen LogP contribution in [0.4, 0.5) is 11.6 Å². The van der Waals surface area contributed by atoms with Crippen molar-refractivity contribution < 1.29 is 0 Å². The Kier molecular flexibility index (Phi) is 4.41. The number of fused-ring (bicyclic) bond motifs is 2. The van der Waals surface area contributed by atoms with Crippen molar-refractivity contribution in [1.82, 2.24) is 24.6 Å². The predicted octanol–water partition coefficient (Wildman–Crippen LogP) is 3.02. The van der Waals surface area contributed by atoms with Gasteiger partial charge in [0.05, 0.1) is 11.9 Å². The Bertz CT molecular complexity index is 1030. The van der Waals surface area contributed by atoms with E-state index in [0.29, 0.717) is 0 Å². The Labute approximate surface area is 171 Å². The number of hydrogen-bond acceptors (Lipinski definition) is 6. The summed E-state index contributed by atoms with van der Waals surface area (Å²) < 4.78 is 1.92. The smallest absolute Gasteiger partial charge is 0.153 e. The summed E-state index contributed by atoms with van der Waals surface area (Å²) in [7, 11) is 0. The number of rotatable bonds is 2. The molecule has 1 aliphatic heterocycles. The highest BCUT2D eigenvalue weighted by molar-refractivity contribution is 5.52. The minimum absolute atomic E-state index is 0.0240. The molecule has 0 N–H and O–H groups in total. The highest BCUT2D eigenvalue weighted by atomic mass is 15.4. The molecule has 4 heterocycles. The van der Waals surface area contributed by atoms with E-state index >= 15 is 0 Å². The van der Waals surface area contributed by atoms with Gasteiger partial charge in [-0.25, -0.2) is 19.5 Å². The van der Waals surface area contributed by atoms with Gasteiger partial charge in [0.2, 0.25) is 0 Å². The third-order valence-electron chi connectivity index (χ3n) is 6.08. The maximum atomic E-state index is 4.84. The summed E-state index contributed by atoms with van der Waals surface area (Å²) in [6, 6.07) is 4.17. The van der Waals surface area contributed by atoms with Gasteiger partial charge in [0, 0.05) is 42.9 Å². The summed E-state index contributed by atoms with van der Waals surface area (Å²) in [5, 5.41) is 4.84. The van der Waals surface area contributed by atoms with Crippen molar-refractivity contribution in [2.45, 2.75) is 51.9 Å². The van der Waals surface area contributed by atoms with Gasteiger partial charge in [-0.05, 0) is 37.8 Å². The zero-order valence-corrected chi connectivity index (χ0v) is 17.6. The van der Waals surface area contributed by atoms with Gasteiger partial charge in [-0.15, -0.1) is 5.10 Å². The number of nitrogens with zero attached hydrogens (tertiary/aromatic N) is 7. The lowest BCUT2D eigenvalue weighted by atomic mass is 9.93. The van der Waals surface area contributed by atoms with Crippen LogP contribution in [0.1, 0.15) is 50.6 Å². The SMILES string of the molecule is CC(C)(C)c1cn2nc(N3CCN(c4ncnc5c4CCCC5)CC3)ccc2n1. The Morgan fingerprint density at radius 3 is 2.45 bits per heavy atom. The van der Waals surface area contributed by atoms with Crippen molar-refractivity contribution in [3.8, 4) is 0 Å². The standard InChI is InChI=1S/C22H29N7/c1-22(2,3)18-14-29-19(25-18)8-9-20(26-29)27-10-12-28(13-11-27)21-16-6-4-5-7-17(16)23-15-24-21/h8-9,14-15H,4-7,10-13H2,1-3H3. The van der Waals surface area contributed by atoms with E-state index in [1.54, 1.807) is 6.33 Å². The number of imidazole rings is 1. The van der Waals surface area contributed by atoms with Crippen molar-refractivity contribution in [2.24, 2.45) is 0 Å². The minimum Gasteiger partial charge on any atom is -0.353 e. The summed E-state index contributed by atoms with van der Waals surface area (Å²) >= 11 is 0. The number of anilines is 2. The van der Waals surface area contributed by atoms with Crippen LogP contribution in [0.15, 0.2) is 24.7 Å². The summed E-state index contributed by atoms with van der Waals surface area (Å²) in [6.45, 7) is 10.3. The molecule has 0 unspecified atom stereocenters. The van der Waals surface area contributed by atoms with Gasteiger partial charge in [-0.1, -0.05) is 20.8 Å². The van der Waals surface area contributed by atoms with Gasteiger partial charge in [0.1, 0.15) is 18.0 Å². The third-order valence-corrected chi connectivity index (χ3v) is 6.08. The normalized spacial score (nSPS) is 17.6. The second-order valence-corrected chi connectivity index (χ2v) is 9.17. The van der Waals surface area contributed by atoms with Gasteiger partial charge in [-0.2, -0.15) is 0 Å². The van der Waals surface area contributed by atoms with E-state index in [1.807, 2.05) is 4.52 Å². The van der Waals surface area contributed by atoms with Gasteiger partial charge >= 0.3 is 0 Å². The molecular weight excluding hydrogens is 362 g/mol. The molecule has 7 nitrogen and oxygen atoms in total. The topological polar surface area (TPSA) is 62.5 Å². The first-order chi connectivity index (χ1) is 14.0. The molecule has 3 aromatic heterocycles. The van der Waals surface area contributed by atoms with Crippen molar-refractivity contribution >= 4 is 17.3 Å². The molecule has 0 atom stereocenters.